The maximum Gasteiger partial charge on any atom is 0.306 e. The first-order valence-corrected chi connectivity index (χ1v) is 35.5. The lowest BCUT2D eigenvalue weighted by Crippen LogP contribution is -2.30. The number of unbranched alkanes of at least 4 members (excludes halogenated alkanes) is 49. The van der Waals surface area contributed by atoms with E-state index in [1.807, 2.05) is 0 Å². The van der Waals surface area contributed by atoms with Crippen LogP contribution in [0.25, 0.3) is 0 Å². The number of carbonyl (C=O) groups is 3. The average Bonchev–Trinajstić information content (AvgIpc) is 3.45. The molecule has 1 unspecified atom stereocenters. The van der Waals surface area contributed by atoms with Crippen LogP contribution in [0.2, 0.25) is 0 Å². The number of hydrogen-bond donors (Lipinski definition) is 0. The van der Waals surface area contributed by atoms with Crippen LogP contribution in [-0.2, 0) is 28.6 Å². The largest absolute Gasteiger partial charge is 0.462 e. The Morgan fingerprint density at radius 2 is 0.468 bits per heavy atom. The maximum atomic E-state index is 12.9. The van der Waals surface area contributed by atoms with E-state index >= 15 is 0 Å². The summed E-state index contributed by atoms with van der Waals surface area (Å²) >= 11 is 0. The highest BCUT2D eigenvalue weighted by Gasteiger charge is 2.19. The summed E-state index contributed by atoms with van der Waals surface area (Å²) in [5.41, 5.74) is 0. The van der Waals surface area contributed by atoms with E-state index in [4.69, 9.17) is 14.2 Å². The molecule has 0 amide bonds. The molecule has 0 heterocycles. The van der Waals surface area contributed by atoms with Crippen LogP contribution < -0.4 is 0 Å². The molecule has 6 heteroatoms. The van der Waals surface area contributed by atoms with Crippen molar-refractivity contribution < 1.29 is 28.6 Å². The molecule has 0 saturated heterocycles. The molecule has 6 nitrogen and oxygen atoms in total. The highest BCUT2D eigenvalue weighted by molar-refractivity contribution is 5.71. The first-order valence-electron chi connectivity index (χ1n) is 35.5. The Kier molecular flexibility index (Phi) is 66.1. The van der Waals surface area contributed by atoms with Gasteiger partial charge in [0.25, 0.3) is 0 Å². The van der Waals surface area contributed by atoms with Crippen molar-refractivity contribution in [1.29, 1.82) is 0 Å². The zero-order valence-electron chi connectivity index (χ0n) is 53.4. The predicted molar refractivity (Wildman–Crippen MR) is 344 cm³/mol. The molecule has 79 heavy (non-hydrogen) atoms. The minimum atomic E-state index is -0.775. The lowest BCUT2D eigenvalue weighted by Gasteiger charge is -2.18. The SMILES string of the molecule is CCCC/C=C\C/C=C\CCCCCCCC(=O)OCC(COC(=O)CCCCCCCCCCCCCCCCCCCCC/C=C\CCCCCCCCCC)OC(=O)CCCCCCCCCCCCCCCCCC. The Morgan fingerprint density at radius 3 is 0.747 bits per heavy atom. The second-order valence-corrected chi connectivity index (χ2v) is 24.1. The van der Waals surface area contributed by atoms with Gasteiger partial charge in [-0.05, 0) is 70.6 Å². The van der Waals surface area contributed by atoms with Crippen molar-refractivity contribution in [2.45, 2.75) is 399 Å². The smallest absolute Gasteiger partial charge is 0.306 e. The molecule has 0 aromatic carbocycles. The third-order valence-corrected chi connectivity index (χ3v) is 16.1. The summed E-state index contributed by atoms with van der Waals surface area (Å²) in [5, 5.41) is 0. The van der Waals surface area contributed by atoms with Crippen molar-refractivity contribution in [3.05, 3.63) is 36.5 Å². The molecule has 0 fully saturated rings. The van der Waals surface area contributed by atoms with E-state index in [0.717, 1.165) is 77.0 Å². The van der Waals surface area contributed by atoms with Gasteiger partial charge in [0.15, 0.2) is 6.10 Å². The van der Waals surface area contributed by atoms with Crippen LogP contribution in [0.15, 0.2) is 36.5 Å². The zero-order chi connectivity index (χ0) is 57.1. The van der Waals surface area contributed by atoms with Crippen molar-refractivity contribution >= 4 is 17.9 Å². The highest BCUT2D eigenvalue weighted by Crippen LogP contribution is 2.18. The molecule has 464 valence electrons. The summed E-state index contributed by atoms with van der Waals surface area (Å²) in [6, 6.07) is 0. The second-order valence-electron chi connectivity index (χ2n) is 24.1. The molecule has 0 saturated carbocycles. The Hall–Kier alpha value is -2.37. The summed E-state index contributed by atoms with van der Waals surface area (Å²) in [4.78, 5) is 38.4. The van der Waals surface area contributed by atoms with E-state index in [1.54, 1.807) is 0 Å². The fraction of sp³-hybridized carbons (Fsp3) is 0.877. The fourth-order valence-corrected chi connectivity index (χ4v) is 10.8. The van der Waals surface area contributed by atoms with Crippen molar-refractivity contribution in [2.24, 2.45) is 0 Å². The van der Waals surface area contributed by atoms with Crippen LogP contribution in [-0.4, -0.2) is 37.2 Å². The van der Waals surface area contributed by atoms with Crippen LogP contribution in [0.3, 0.4) is 0 Å². The van der Waals surface area contributed by atoms with Gasteiger partial charge in [-0.15, -0.1) is 0 Å². The monoisotopic (exact) mass is 1110 g/mol. The summed E-state index contributed by atoms with van der Waals surface area (Å²) < 4.78 is 17.0. The molecule has 0 aromatic rings. The predicted octanol–water partition coefficient (Wildman–Crippen LogP) is 24.3. The van der Waals surface area contributed by atoms with E-state index in [1.165, 1.54) is 276 Å². The van der Waals surface area contributed by atoms with Gasteiger partial charge >= 0.3 is 17.9 Å². The van der Waals surface area contributed by atoms with Crippen molar-refractivity contribution in [3.8, 4) is 0 Å². The number of carbonyl (C=O) groups excluding carboxylic acids is 3. The van der Waals surface area contributed by atoms with Gasteiger partial charge in [0.05, 0.1) is 0 Å². The van der Waals surface area contributed by atoms with Gasteiger partial charge in [0, 0.05) is 19.3 Å². The number of rotatable bonds is 66. The highest BCUT2D eigenvalue weighted by atomic mass is 16.6. The molecule has 0 aliphatic carbocycles. The molecule has 0 aliphatic rings. The Morgan fingerprint density at radius 1 is 0.253 bits per heavy atom. The zero-order valence-corrected chi connectivity index (χ0v) is 53.4. The molecule has 0 aliphatic heterocycles. The van der Waals surface area contributed by atoms with Crippen molar-refractivity contribution in [1.82, 2.24) is 0 Å². The number of hydrogen-bond acceptors (Lipinski definition) is 6. The van der Waals surface area contributed by atoms with Crippen LogP contribution in [0.4, 0.5) is 0 Å². The van der Waals surface area contributed by atoms with Crippen LogP contribution in [0, 0.1) is 0 Å². The molecule has 0 aromatic heterocycles. The normalized spacial score (nSPS) is 12.2. The van der Waals surface area contributed by atoms with Gasteiger partial charge in [0.2, 0.25) is 0 Å². The molecule has 0 N–H and O–H groups in total. The number of ether oxygens (including phenoxy) is 3. The second kappa shape index (κ2) is 68.1. The molecule has 0 bridgehead atoms. The van der Waals surface area contributed by atoms with Gasteiger partial charge in [0.1, 0.15) is 13.2 Å². The Balaban J connectivity index is 4.14. The molecule has 0 radical (unpaired) electrons. The summed E-state index contributed by atoms with van der Waals surface area (Å²) in [5.74, 6) is -0.857. The standard InChI is InChI=1S/C73H136O6/c1-4-7-10-13-16-19-22-25-28-30-31-32-33-34-35-36-37-38-39-40-41-42-43-44-46-48-51-54-57-60-63-66-72(75)78-69-70(68-77-71(74)65-62-59-56-53-50-47-27-24-21-18-15-12-9-6-3)79-73(76)67-64-61-58-55-52-49-45-29-26-23-20-17-14-11-8-5-2/h15,18,24,27,30-31,70H,4-14,16-17,19-23,25-26,28-29,32-69H2,1-3H3/b18-15-,27-24-,31-30-. The van der Waals surface area contributed by atoms with Crippen LogP contribution in [0.5, 0.6) is 0 Å². The molecular formula is C73H136O6. The average molecular weight is 1110 g/mol. The van der Waals surface area contributed by atoms with Crippen LogP contribution in [0.1, 0.15) is 393 Å². The lowest BCUT2D eigenvalue weighted by molar-refractivity contribution is -0.167. The third kappa shape index (κ3) is 66.3. The quantitative estimate of drug-likeness (QED) is 0.0261. The van der Waals surface area contributed by atoms with Crippen LogP contribution >= 0.6 is 0 Å². The summed E-state index contributed by atoms with van der Waals surface area (Å²) in [6.07, 6.45) is 84.7. The molecule has 0 rings (SSSR count). The van der Waals surface area contributed by atoms with E-state index < -0.39 is 6.10 Å². The lowest BCUT2D eigenvalue weighted by atomic mass is 10.0. The van der Waals surface area contributed by atoms with Crippen molar-refractivity contribution in [3.63, 3.8) is 0 Å². The number of esters is 3. The van der Waals surface area contributed by atoms with Crippen molar-refractivity contribution in [2.75, 3.05) is 13.2 Å². The van der Waals surface area contributed by atoms with E-state index in [9.17, 15) is 14.4 Å². The minimum absolute atomic E-state index is 0.0710. The van der Waals surface area contributed by atoms with Gasteiger partial charge in [-0.1, -0.05) is 340 Å². The number of allylic oxidation sites excluding steroid dienone is 6. The summed E-state index contributed by atoms with van der Waals surface area (Å²) in [7, 11) is 0. The first-order chi connectivity index (χ1) is 39.0. The maximum absolute atomic E-state index is 12.9. The fourth-order valence-electron chi connectivity index (χ4n) is 10.8. The van der Waals surface area contributed by atoms with E-state index in [-0.39, 0.29) is 31.1 Å². The molecule has 1 atom stereocenters. The molecular weight excluding hydrogens is 973 g/mol. The minimum Gasteiger partial charge on any atom is -0.462 e. The van der Waals surface area contributed by atoms with Gasteiger partial charge in [-0.3, -0.25) is 14.4 Å². The van der Waals surface area contributed by atoms with E-state index in [2.05, 4.69) is 57.2 Å². The molecule has 0 spiro atoms. The Bertz CT molecular complexity index is 1320. The third-order valence-electron chi connectivity index (χ3n) is 16.1. The summed E-state index contributed by atoms with van der Waals surface area (Å²) in [6.45, 7) is 6.66. The van der Waals surface area contributed by atoms with E-state index in [0.29, 0.717) is 19.3 Å². The van der Waals surface area contributed by atoms with Gasteiger partial charge in [-0.2, -0.15) is 0 Å². The first kappa shape index (κ1) is 76.6. The van der Waals surface area contributed by atoms with Gasteiger partial charge in [-0.25, -0.2) is 0 Å². The van der Waals surface area contributed by atoms with Gasteiger partial charge < -0.3 is 14.2 Å². The Labute approximate surface area is 493 Å². The topological polar surface area (TPSA) is 78.9 Å².